The molecule has 0 aromatic heterocycles. The molecule has 1 saturated heterocycles. The molecule has 1 fully saturated rings. The van der Waals surface area contributed by atoms with Gasteiger partial charge >= 0.3 is 6.09 Å². The van der Waals surface area contributed by atoms with Crippen molar-refractivity contribution in [1.29, 1.82) is 0 Å². The Balaban J connectivity index is 1.80. The number of sulfonamides is 1. The minimum atomic E-state index is -3.91. The molecule has 1 aliphatic heterocycles. The van der Waals surface area contributed by atoms with Gasteiger partial charge < -0.3 is 24.6 Å². The van der Waals surface area contributed by atoms with Crippen LogP contribution in [0.4, 0.5) is 4.79 Å². The zero-order chi connectivity index (χ0) is 26.1. The van der Waals surface area contributed by atoms with Crippen molar-refractivity contribution in [3.05, 3.63) is 60.2 Å². The highest BCUT2D eigenvalue weighted by Gasteiger charge is 2.32. The van der Waals surface area contributed by atoms with Crippen LogP contribution >= 0.6 is 0 Å². The summed E-state index contributed by atoms with van der Waals surface area (Å²) in [6.45, 7) is 4.68. The highest BCUT2D eigenvalue weighted by molar-refractivity contribution is 7.89. The van der Waals surface area contributed by atoms with Crippen LogP contribution in [-0.4, -0.2) is 75.6 Å². The van der Waals surface area contributed by atoms with Gasteiger partial charge in [0, 0.05) is 19.5 Å². The fraction of sp³-hybridized carbons (Fsp3) is 0.500. The molecule has 3 rings (SSSR count). The summed E-state index contributed by atoms with van der Waals surface area (Å²) in [5.74, 6) is 0.556. The van der Waals surface area contributed by atoms with E-state index < -0.39 is 28.3 Å². The highest BCUT2D eigenvalue weighted by Crippen LogP contribution is 2.22. The first-order valence-corrected chi connectivity index (χ1v) is 13.5. The number of hydrogen-bond acceptors (Lipinski definition) is 7. The Bertz CT molecular complexity index is 1060. The van der Waals surface area contributed by atoms with Crippen molar-refractivity contribution in [2.45, 2.75) is 49.8 Å². The van der Waals surface area contributed by atoms with Crippen molar-refractivity contribution in [3.63, 3.8) is 0 Å². The molecule has 1 heterocycles. The number of rotatable bonds is 12. The molecule has 2 aromatic carbocycles. The highest BCUT2D eigenvalue weighted by atomic mass is 32.2. The van der Waals surface area contributed by atoms with E-state index in [9.17, 15) is 18.3 Å². The van der Waals surface area contributed by atoms with Crippen molar-refractivity contribution in [1.82, 2.24) is 9.62 Å². The monoisotopic (exact) mass is 520 g/mol. The molecule has 0 radical (unpaired) electrons. The van der Waals surface area contributed by atoms with E-state index in [0.717, 1.165) is 5.56 Å². The smallest absolute Gasteiger partial charge is 0.407 e. The summed E-state index contributed by atoms with van der Waals surface area (Å²) in [5, 5.41) is 14.0. The summed E-state index contributed by atoms with van der Waals surface area (Å²) in [5.41, 5.74) is 0.888. The summed E-state index contributed by atoms with van der Waals surface area (Å²) >= 11 is 0. The number of amides is 1. The van der Waals surface area contributed by atoms with Gasteiger partial charge in [-0.3, -0.25) is 0 Å². The molecule has 0 aliphatic carbocycles. The molecule has 0 bridgehead atoms. The van der Waals surface area contributed by atoms with Crippen LogP contribution in [0, 0.1) is 5.92 Å². The fourth-order valence-electron chi connectivity index (χ4n) is 4.00. The molecule has 10 heteroatoms. The van der Waals surface area contributed by atoms with Gasteiger partial charge in [-0.05, 0) is 42.2 Å². The molecule has 2 unspecified atom stereocenters. The topological polar surface area (TPSA) is 114 Å². The number of benzene rings is 2. The number of hydrogen-bond donors (Lipinski definition) is 2. The third-order valence-electron chi connectivity index (χ3n) is 5.88. The minimum Gasteiger partial charge on any atom is -0.497 e. The lowest BCUT2D eigenvalue weighted by Crippen LogP contribution is -2.51. The van der Waals surface area contributed by atoms with E-state index in [0.29, 0.717) is 31.8 Å². The van der Waals surface area contributed by atoms with E-state index in [1.807, 2.05) is 44.2 Å². The molecule has 1 aliphatic rings. The number of carbonyl (C=O) groups excluding carboxylic acids is 1. The zero-order valence-corrected chi connectivity index (χ0v) is 21.8. The SMILES string of the molecule is COc1ccc(S(=O)(=O)N(CC(C)C)CC(O)[C@H](Cc2ccccc2)NC(=O)OC2CCOC2)cc1. The third-order valence-corrected chi connectivity index (χ3v) is 7.73. The second-order valence-electron chi connectivity index (χ2n) is 9.29. The third kappa shape index (κ3) is 7.92. The number of methoxy groups -OCH3 is 1. The van der Waals surface area contributed by atoms with Crippen LogP contribution in [0.1, 0.15) is 25.8 Å². The molecule has 3 atom stereocenters. The van der Waals surface area contributed by atoms with Gasteiger partial charge in [-0.15, -0.1) is 0 Å². The lowest BCUT2D eigenvalue weighted by atomic mass is 10.0. The molecule has 9 nitrogen and oxygen atoms in total. The number of nitrogens with zero attached hydrogens (tertiary/aromatic N) is 1. The van der Waals surface area contributed by atoms with Gasteiger partial charge in [0.15, 0.2) is 0 Å². The molecule has 2 N–H and O–H groups in total. The van der Waals surface area contributed by atoms with Crippen molar-refractivity contribution >= 4 is 16.1 Å². The Hall–Kier alpha value is -2.66. The number of aliphatic hydroxyl groups is 1. The van der Waals surface area contributed by atoms with Crippen molar-refractivity contribution in [3.8, 4) is 5.75 Å². The van der Waals surface area contributed by atoms with Gasteiger partial charge in [-0.1, -0.05) is 44.2 Å². The van der Waals surface area contributed by atoms with Crippen LogP contribution in [0.25, 0.3) is 0 Å². The average molecular weight is 521 g/mol. The molecule has 0 spiro atoms. The average Bonchev–Trinajstić information content (AvgIpc) is 3.36. The van der Waals surface area contributed by atoms with E-state index in [-0.39, 0.29) is 30.0 Å². The normalized spacial score (nSPS) is 17.7. The molecule has 1 amide bonds. The van der Waals surface area contributed by atoms with Crippen molar-refractivity contribution < 1.29 is 32.5 Å². The van der Waals surface area contributed by atoms with Gasteiger partial charge in [0.05, 0.1) is 37.4 Å². The first-order valence-electron chi connectivity index (χ1n) is 12.1. The summed E-state index contributed by atoms with van der Waals surface area (Å²) in [6.07, 6.45) is -1.28. The molecular formula is C26H36N2O7S. The summed E-state index contributed by atoms with van der Waals surface area (Å²) in [4.78, 5) is 12.7. The van der Waals surface area contributed by atoms with Gasteiger partial charge in [0.1, 0.15) is 11.9 Å². The Morgan fingerprint density at radius 2 is 1.83 bits per heavy atom. The van der Waals surface area contributed by atoms with Crippen LogP contribution in [-0.2, 0) is 25.9 Å². The summed E-state index contributed by atoms with van der Waals surface area (Å²) in [6, 6.07) is 14.7. The summed E-state index contributed by atoms with van der Waals surface area (Å²) in [7, 11) is -2.40. The van der Waals surface area contributed by atoms with Crippen molar-refractivity contribution in [2.24, 2.45) is 5.92 Å². The van der Waals surface area contributed by atoms with Gasteiger partial charge in [-0.2, -0.15) is 4.31 Å². The lowest BCUT2D eigenvalue weighted by molar-refractivity contribution is 0.0644. The largest absolute Gasteiger partial charge is 0.497 e. The predicted molar refractivity (Wildman–Crippen MR) is 135 cm³/mol. The van der Waals surface area contributed by atoms with Gasteiger partial charge in [-0.25, -0.2) is 13.2 Å². The number of aliphatic hydroxyl groups excluding tert-OH is 1. The molecular weight excluding hydrogens is 484 g/mol. The number of ether oxygens (including phenoxy) is 3. The zero-order valence-electron chi connectivity index (χ0n) is 21.0. The van der Waals surface area contributed by atoms with Gasteiger partial charge in [0.2, 0.25) is 10.0 Å². The lowest BCUT2D eigenvalue weighted by Gasteiger charge is -2.30. The molecule has 198 valence electrons. The quantitative estimate of drug-likeness (QED) is 0.442. The fourth-order valence-corrected chi connectivity index (χ4v) is 5.63. The van der Waals surface area contributed by atoms with E-state index in [1.54, 1.807) is 12.1 Å². The minimum absolute atomic E-state index is 0.0121. The van der Waals surface area contributed by atoms with Crippen molar-refractivity contribution in [2.75, 3.05) is 33.4 Å². The standard InChI is InChI=1S/C26H36N2O7S/c1-19(2)16-28(36(31,32)23-11-9-21(33-3)10-12-23)17-25(29)24(15-20-7-5-4-6-8-20)27-26(30)35-22-13-14-34-18-22/h4-12,19,22,24-25,29H,13-18H2,1-3H3,(H,27,30)/t22?,24-,25?/m0/s1. The van der Waals surface area contributed by atoms with Crippen LogP contribution in [0.15, 0.2) is 59.5 Å². The van der Waals surface area contributed by atoms with E-state index in [1.165, 1.54) is 23.5 Å². The maximum atomic E-state index is 13.5. The first kappa shape index (κ1) is 27.9. The first-order chi connectivity index (χ1) is 17.2. The van der Waals surface area contributed by atoms with Crippen LogP contribution < -0.4 is 10.1 Å². The molecule has 36 heavy (non-hydrogen) atoms. The van der Waals surface area contributed by atoms with E-state index in [2.05, 4.69) is 5.32 Å². The van der Waals surface area contributed by atoms with Gasteiger partial charge in [0.25, 0.3) is 0 Å². The van der Waals surface area contributed by atoms with Crippen LogP contribution in [0.2, 0.25) is 0 Å². The number of carbonyl (C=O) groups is 1. The predicted octanol–water partition coefficient (Wildman–Crippen LogP) is 2.83. The maximum absolute atomic E-state index is 13.5. The second kappa shape index (κ2) is 13.0. The summed E-state index contributed by atoms with van der Waals surface area (Å²) < 4.78 is 44.0. The van der Waals surface area contributed by atoms with Crippen LogP contribution in [0.5, 0.6) is 5.75 Å². The Kier molecular flexibility index (Phi) is 10.1. The Morgan fingerprint density at radius 3 is 2.42 bits per heavy atom. The molecule has 0 saturated carbocycles. The Morgan fingerprint density at radius 1 is 1.14 bits per heavy atom. The number of alkyl carbamates (subject to hydrolysis) is 1. The molecule has 2 aromatic rings. The number of nitrogens with one attached hydrogen (secondary N) is 1. The Labute approximate surface area is 213 Å². The van der Waals surface area contributed by atoms with Crippen LogP contribution in [0.3, 0.4) is 0 Å². The maximum Gasteiger partial charge on any atom is 0.407 e. The van der Waals surface area contributed by atoms with E-state index >= 15 is 0 Å². The van der Waals surface area contributed by atoms with E-state index in [4.69, 9.17) is 14.2 Å². The second-order valence-corrected chi connectivity index (χ2v) is 11.2.